The van der Waals surface area contributed by atoms with Crippen molar-refractivity contribution in [1.82, 2.24) is 14.9 Å². The molecule has 224 valence electrons. The van der Waals surface area contributed by atoms with Gasteiger partial charge in [0.2, 0.25) is 15.9 Å². The number of urea groups is 1. The van der Waals surface area contributed by atoms with Crippen LogP contribution in [0.3, 0.4) is 0 Å². The van der Waals surface area contributed by atoms with Gasteiger partial charge in [0.05, 0.1) is 18.1 Å². The lowest BCUT2D eigenvalue weighted by Gasteiger charge is -2.31. The van der Waals surface area contributed by atoms with Crippen LogP contribution >= 0.6 is 0 Å². The smallest absolute Gasteiger partial charge is 0.326 e. The Hall–Kier alpha value is -4.48. The minimum Gasteiger partial charge on any atom is -0.439 e. The number of carbonyl (C=O) groups excluding carboxylic acids is 1. The predicted octanol–water partition coefficient (Wildman–Crippen LogP) is 6.04. The van der Waals surface area contributed by atoms with E-state index in [1.807, 2.05) is 72.6 Å². The van der Waals surface area contributed by atoms with Gasteiger partial charge < -0.3 is 10.1 Å². The van der Waals surface area contributed by atoms with Crippen molar-refractivity contribution in [1.29, 1.82) is 0 Å². The van der Waals surface area contributed by atoms with E-state index in [0.717, 1.165) is 62.1 Å². The lowest BCUT2D eigenvalue weighted by molar-refractivity contribution is 0.252. The molecule has 43 heavy (non-hydrogen) atoms. The van der Waals surface area contributed by atoms with Crippen molar-refractivity contribution in [3.8, 4) is 11.6 Å². The number of hydrogen-bond donors (Lipinski definition) is 2. The molecule has 0 unspecified atom stereocenters. The number of aromatic nitrogens is 2. The number of aryl methyl sites for hydroxylation is 1. The first-order valence-corrected chi connectivity index (χ1v) is 16.1. The van der Waals surface area contributed by atoms with E-state index in [2.05, 4.69) is 24.9 Å². The first-order chi connectivity index (χ1) is 20.7. The number of nitrogens with one attached hydrogen (secondary N) is 2. The molecule has 1 aliphatic heterocycles. The quantitative estimate of drug-likeness (QED) is 0.241. The summed E-state index contributed by atoms with van der Waals surface area (Å²) in [7, 11) is -3.33. The Bertz CT molecular complexity index is 1600. The van der Waals surface area contributed by atoms with Crippen LogP contribution in [0, 0.1) is 6.92 Å². The van der Waals surface area contributed by atoms with Crippen molar-refractivity contribution in [2.75, 3.05) is 34.3 Å². The molecule has 10 nitrogen and oxygen atoms in total. The van der Waals surface area contributed by atoms with E-state index < -0.39 is 10.0 Å². The van der Waals surface area contributed by atoms with Crippen LogP contribution in [0.25, 0.3) is 0 Å². The molecule has 2 aromatic heterocycles. The van der Waals surface area contributed by atoms with Gasteiger partial charge in [0.25, 0.3) is 0 Å². The molecule has 1 atom stereocenters. The molecule has 1 saturated heterocycles. The Morgan fingerprint density at radius 2 is 1.70 bits per heavy atom. The third-order valence-corrected chi connectivity index (χ3v) is 7.76. The fourth-order valence-corrected chi connectivity index (χ4v) is 5.68. The maximum absolute atomic E-state index is 13.5. The van der Waals surface area contributed by atoms with E-state index in [-0.39, 0.29) is 12.1 Å². The van der Waals surface area contributed by atoms with E-state index >= 15 is 0 Å². The molecule has 11 heteroatoms. The molecular weight excluding hydrogens is 564 g/mol. The van der Waals surface area contributed by atoms with Crippen molar-refractivity contribution in [3.05, 3.63) is 103 Å². The Labute approximate surface area is 252 Å². The Morgan fingerprint density at radius 3 is 2.37 bits per heavy atom. The largest absolute Gasteiger partial charge is 0.439 e. The van der Waals surface area contributed by atoms with Crippen LogP contribution in [0.15, 0.2) is 91.3 Å². The second-order valence-electron chi connectivity index (χ2n) is 10.7. The first-order valence-electron chi connectivity index (χ1n) is 14.2. The fraction of sp³-hybridized carbons (Fsp3) is 0.281. The summed E-state index contributed by atoms with van der Waals surface area (Å²) in [5, 5.41) is 3.03. The molecule has 0 aliphatic carbocycles. The highest BCUT2D eigenvalue weighted by molar-refractivity contribution is 7.92. The zero-order valence-electron chi connectivity index (χ0n) is 24.3. The van der Waals surface area contributed by atoms with Gasteiger partial charge in [-0.3, -0.25) is 19.5 Å². The summed E-state index contributed by atoms with van der Waals surface area (Å²) in [6.07, 6.45) is 7.31. The number of para-hydroxylation sites is 1. The molecule has 4 aromatic rings. The van der Waals surface area contributed by atoms with Crippen molar-refractivity contribution >= 4 is 33.1 Å². The lowest BCUT2D eigenvalue weighted by Crippen LogP contribution is -2.43. The van der Waals surface area contributed by atoms with Gasteiger partial charge in [0.1, 0.15) is 5.75 Å². The topological polar surface area (TPSA) is 117 Å². The zero-order chi connectivity index (χ0) is 30.2. The fourth-order valence-electron chi connectivity index (χ4n) is 5.11. The van der Waals surface area contributed by atoms with Gasteiger partial charge in [-0.2, -0.15) is 0 Å². The van der Waals surface area contributed by atoms with E-state index in [9.17, 15) is 13.2 Å². The maximum atomic E-state index is 13.5. The molecule has 1 aliphatic rings. The molecule has 0 radical (unpaired) electrons. The minimum absolute atomic E-state index is 0.0544. The number of hydrogen-bond acceptors (Lipinski definition) is 7. The Balaban J connectivity index is 1.19. The average molecular weight is 601 g/mol. The molecular formula is C32H36N6O4S. The highest BCUT2D eigenvalue weighted by Gasteiger charge is 2.28. The summed E-state index contributed by atoms with van der Waals surface area (Å²) < 4.78 is 31.1. The molecule has 2 N–H and O–H groups in total. The molecule has 1 fully saturated rings. The maximum Gasteiger partial charge on any atom is 0.326 e. The van der Waals surface area contributed by atoms with Crippen LogP contribution in [-0.2, 0) is 16.6 Å². The van der Waals surface area contributed by atoms with Crippen LogP contribution < -0.4 is 19.7 Å². The molecule has 2 amide bonds. The third-order valence-electron chi connectivity index (χ3n) is 7.15. The van der Waals surface area contributed by atoms with E-state index in [4.69, 9.17) is 4.74 Å². The number of sulfonamides is 1. The molecule has 0 spiro atoms. The molecule has 0 saturated carbocycles. The molecule has 3 heterocycles. The first kappa shape index (κ1) is 30.0. The van der Waals surface area contributed by atoms with Gasteiger partial charge in [0.15, 0.2) is 0 Å². The summed E-state index contributed by atoms with van der Waals surface area (Å²) in [6.45, 7) is 4.44. The number of carbonyl (C=O) groups is 1. The predicted molar refractivity (Wildman–Crippen MR) is 169 cm³/mol. The van der Waals surface area contributed by atoms with Crippen LogP contribution in [0.2, 0.25) is 0 Å². The van der Waals surface area contributed by atoms with Gasteiger partial charge in [-0.05, 0) is 86.8 Å². The second kappa shape index (κ2) is 13.7. The SMILES string of the molecule is Cc1ccc(NC(=O)N(c2ccccc2)[C@@H]2CCCN(Cc3ccc(Oc4ccc(NS(C)(=O)=O)cc4)nc3)CC2)cn1. The molecule has 5 rings (SSSR count). The van der Waals surface area contributed by atoms with Gasteiger partial charge in [0, 0.05) is 48.5 Å². The number of nitrogens with zero attached hydrogens (tertiary/aromatic N) is 4. The average Bonchev–Trinajstić information content (AvgIpc) is 3.21. The Kier molecular flexibility index (Phi) is 9.53. The summed E-state index contributed by atoms with van der Waals surface area (Å²) in [5.41, 5.74) is 3.99. The summed E-state index contributed by atoms with van der Waals surface area (Å²) in [6, 6.07) is 24.0. The number of likely N-dealkylation sites (tertiary alicyclic amines) is 1. The van der Waals surface area contributed by atoms with Gasteiger partial charge in [-0.1, -0.05) is 24.3 Å². The zero-order valence-corrected chi connectivity index (χ0v) is 25.1. The van der Waals surface area contributed by atoms with Crippen molar-refractivity contribution in [3.63, 3.8) is 0 Å². The van der Waals surface area contributed by atoms with Crippen molar-refractivity contribution in [2.24, 2.45) is 0 Å². The van der Waals surface area contributed by atoms with E-state index in [0.29, 0.717) is 23.0 Å². The van der Waals surface area contributed by atoms with Crippen LogP contribution in [-0.4, -0.2) is 54.7 Å². The van der Waals surface area contributed by atoms with Gasteiger partial charge in [-0.25, -0.2) is 18.2 Å². The number of anilines is 3. The van der Waals surface area contributed by atoms with Gasteiger partial charge >= 0.3 is 6.03 Å². The number of benzene rings is 2. The van der Waals surface area contributed by atoms with E-state index in [1.165, 1.54) is 0 Å². The van der Waals surface area contributed by atoms with Crippen LogP contribution in [0.1, 0.15) is 30.5 Å². The summed E-state index contributed by atoms with van der Waals surface area (Å²) in [4.78, 5) is 26.6. The highest BCUT2D eigenvalue weighted by Crippen LogP contribution is 2.26. The van der Waals surface area contributed by atoms with Crippen LogP contribution in [0.4, 0.5) is 21.9 Å². The third kappa shape index (κ3) is 8.76. The number of pyridine rings is 2. The number of ether oxygens (including phenoxy) is 1. The van der Waals surface area contributed by atoms with Crippen LogP contribution in [0.5, 0.6) is 11.6 Å². The van der Waals surface area contributed by atoms with Crippen molar-refractivity contribution in [2.45, 2.75) is 38.8 Å². The lowest BCUT2D eigenvalue weighted by atomic mass is 10.1. The summed E-state index contributed by atoms with van der Waals surface area (Å²) >= 11 is 0. The standard InChI is InChI=1S/C32H36N6O4S/c1-24-10-12-27(22-33-24)35-32(39)38(28-7-4-3-5-8-28)29-9-6-19-37(20-18-29)23-25-11-17-31(34-21-25)42-30-15-13-26(14-16-30)36-43(2,40)41/h3-5,7-8,10-17,21-22,29,36H,6,9,18-20,23H2,1-2H3,(H,35,39)/t29-/m1/s1. The summed E-state index contributed by atoms with van der Waals surface area (Å²) in [5.74, 6) is 1.01. The minimum atomic E-state index is -3.33. The Morgan fingerprint density at radius 1 is 0.930 bits per heavy atom. The number of rotatable bonds is 9. The monoisotopic (exact) mass is 600 g/mol. The molecule has 0 bridgehead atoms. The van der Waals surface area contributed by atoms with Crippen molar-refractivity contribution < 1.29 is 17.9 Å². The number of amides is 2. The molecule has 2 aromatic carbocycles. The van der Waals surface area contributed by atoms with E-state index in [1.54, 1.807) is 30.5 Å². The second-order valence-corrected chi connectivity index (χ2v) is 12.4. The van der Waals surface area contributed by atoms with Gasteiger partial charge in [-0.15, -0.1) is 0 Å². The highest BCUT2D eigenvalue weighted by atomic mass is 32.2. The normalized spacial score (nSPS) is 15.7.